The van der Waals surface area contributed by atoms with Gasteiger partial charge in [-0.2, -0.15) is 4.57 Å². The van der Waals surface area contributed by atoms with Gasteiger partial charge < -0.3 is 10.5 Å². The maximum absolute atomic E-state index is 13.1. The summed E-state index contributed by atoms with van der Waals surface area (Å²) in [4.78, 5) is 24.5. The van der Waals surface area contributed by atoms with Crippen LogP contribution >= 0.6 is 0 Å². The van der Waals surface area contributed by atoms with Crippen molar-refractivity contribution in [1.29, 1.82) is 0 Å². The summed E-state index contributed by atoms with van der Waals surface area (Å²) in [5.41, 5.74) is 7.24. The third kappa shape index (κ3) is 5.22. The summed E-state index contributed by atoms with van der Waals surface area (Å²) in [6, 6.07) is 10.9. The maximum atomic E-state index is 13.1. The van der Waals surface area contributed by atoms with Crippen LogP contribution in [0, 0.1) is 17.8 Å². The molecule has 0 unspecified atom stereocenters. The van der Waals surface area contributed by atoms with Crippen LogP contribution in [-0.2, 0) is 11.3 Å². The fourth-order valence-corrected chi connectivity index (χ4v) is 4.27. The Kier molecular flexibility index (Phi) is 6.68. The van der Waals surface area contributed by atoms with E-state index in [2.05, 4.69) is 20.8 Å². The van der Waals surface area contributed by atoms with Crippen LogP contribution < -0.4 is 10.3 Å². The number of esters is 1. The van der Waals surface area contributed by atoms with Crippen molar-refractivity contribution < 1.29 is 18.9 Å². The van der Waals surface area contributed by atoms with Crippen molar-refractivity contribution in [2.45, 2.75) is 52.7 Å². The first-order valence-corrected chi connectivity index (χ1v) is 10.4. The predicted molar refractivity (Wildman–Crippen MR) is 111 cm³/mol. The quantitative estimate of drug-likeness (QED) is 0.598. The number of benzene rings is 1. The van der Waals surface area contributed by atoms with Gasteiger partial charge in [-0.25, -0.2) is 4.79 Å². The molecular weight excluding hydrogens is 364 g/mol. The van der Waals surface area contributed by atoms with E-state index in [0.717, 1.165) is 18.4 Å². The molecule has 5 nitrogen and oxygen atoms in total. The van der Waals surface area contributed by atoms with Crippen LogP contribution in [0.4, 0.5) is 0 Å². The Labute approximate surface area is 172 Å². The fraction of sp³-hybridized carbons (Fsp3) is 0.458. The van der Waals surface area contributed by atoms with Crippen LogP contribution in [0.2, 0.25) is 0 Å². The average Bonchev–Trinajstić information content (AvgIpc) is 2.68. The molecule has 0 spiro atoms. The number of pyridine rings is 1. The lowest BCUT2D eigenvalue weighted by molar-refractivity contribution is -0.688. The van der Waals surface area contributed by atoms with Crippen molar-refractivity contribution >= 4 is 11.9 Å². The highest BCUT2D eigenvalue weighted by Crippen LogP contribution is 2.35. The summed E-state index contributed by atoms with van der Waals surface area (Å²) < 4.78 is 7.89. The van der Waals surface area contributed by atoms with Gasteiger partial charge in [0.1, 0.15) is 11.7 Å². The van der Waals surface area contributed by atoms with E-state index in [4.69, 9.17) is 10.5 Å². The van der Waals surface area contributed by atoms with Crippen molar-refractivity contribution in [3.05, 3.63) is 65.5 Å². The van der Waals surface area contributed by atoms with Gasteiger partial charge in [0.25, 0.3) is 5.91 Å². The predicted octanol–water partition coefficient (Wildman–Crippen LogP) is 3.74. The number of hydrogen-bond acceptors (Lipinski definition) is 3. The van der Waals surface area contributed by atoms with Crippen molar-refractivity contribution in [2.75, 3.05) is 0 Å². The zero-order chi connectivity index (χ0) is 21.0. The minimum absolute atomic E-state index is 0.0369. The minimum Gasteiger partial charge on any atom is -0.458 e. The van der Waals surface area contributed by atoms with Crippen molar-refractivity contribution in [1.82, 2.24) is 0 Å². The van der Waals surface area contributed by atoms with Crippen LogP contribution in [0.5, 0.6) is 0 Å². The molecule has 1 fully saturated rings. The second kappa shape index (κ2) is 9.21. The normalized spacial score (nSPS) is 21.7. The Morgan fingerprint density at radius 1 is 1.17 bits per heavy atom. The first-order valence-electron chi connectivity index (χ1n) is 10.4. The summed E-state index contributed by atoms with van der Waals surface area (Å²) in [6.07, 6.45) is 6.74. The molecule has 154 valence electrons. The second-order valence-corrected chi connectivity index (χ2v) is 8.56. The Hall–Kier alpha value is -2.69. The fourth-order valence-electron chi connectivity index (χ4n) is 4.27. The molecule has 1 saturated carbocycles. The minimum atomic E-state index is -0.474. The van der Waals surface area contributed by atoms with Gasteiger partial charge >= 0.3 is 5.97 Å². The standard InChI is InChI=1S/C24H30N2O3/c1-16(2)20-11-10-17(3)13-22(20)29-24(28)21-9-5-4-7-18(21)14-26-12-6-8-19(15-26)23(25)27/h4-9,12,15-17,20,22H,10-11,13-14H2,1-3H3,(H-,25,27)/p+1/t17-,20+,22+/m1/s1. The Morgan fingerprint density at radius 3 is 2.66 bits per heavy atom. The van der Waals surface area contributed by atoms with Crippen LogP contribution in [0.15, 0.2) is 48.8 Å². The van der Waals surface area contributed by atoms with E-state index in [0.29, 0.717) is 35.4 Å². The number of aromatic nitrogens is 1. The molecule has 1 aliphatic carbocycles. The van der Waals surface area contributed by atoms with Gasteiger partial charge in [0.15, 0.2) is 18.9 Å². The maximum Gasteiger partial charge on any atom is 0.338 e. The third-order valence-electron chi connectivity index (χ3n) is 5.95. The highest BCUT2D eigenvalue weighted by Gasteiger charge is 2.34. The average molecular weight is 396 g/mol. The van der Waals surface area contributed by atoms with Crippen LogP contribution in [-0.4, -0.2) is 18.0 Å². The zero-order valence-corrected chi connectivity index (χ0v) is 17.5. The number of ether oxygens (including phenoxy) is 1. The summed E-state index contributed by atoms with van der Waals surface area (Å²) in [5, 5.41) is 0. The van der Waals surface area contributed by atoms with E-state index < -0.39 is 5.91 Å². The van der Waals surface area contributed by atoms with Gasteiger partial charge in [-0.05, 0) is 42.7 Å². The van der Waals surface area contributed by atoms with E-state index >= 15 is 0 Å². The molecule has 0 radical (unpaired) electrons. The van der Waals surface area contributed by atoms with E-state index in [1.807, 2.05) is 35.0 Å². The molecule has 2 N–H and O–H groups in total. The lowest BCUT2D eigenvalue weighted by Gasteiger charge is -2.36. The number of hydrogen-bond donors (Lipinski definition) is 1. The lowest BCUT2D eigenvalue weighted by Crippen LogP contribution is -2.37. The van der Waals surface area contributed by atoms with Crippen LogP contribution in [0.25, 0.3) is 0 Å². The van der Waals surface area contributed by atoms with Crippen molar-refractivity contribution in [3.8, 4) is 0 Å². The number of primary amides is 1. The highest BCUT2D eigenvalue weighted by molar-refractivity contribution is 5.92. The molecular formula is C24H31N2O3+. The van der Waals surface area contributed by atoms with E-state index in [9.17, 15) is 9.59 Å². The molecule has 3 rings (SSSR count). The molecule has 0 bridgehead atoms. The lowest BCUT2D eigenvalue weighted by atomic mass is 9.75. The topological polar surface area (TPSA) is 73.3 Å². The Balaban J connectivity index is 1.80. The third-order valence-corrected chi connectivity index (χ3v) is 5.95. The smallest absolute Gasteiger partial charge is 0.338 e. The number of carbonyl (C=O) groups is 2. The molecule has 1 aliphatic rings. The molecule has 0 aliphatic heterocycles. The molecule has 1 aromatic carbocycles. The summed E-state index contributed by atoms with van der Waals surface area (Å²) >= 11 is 0. The molecule has 29 heavy (non-hydrogen) atoms. The van der Waals surface area contributed by atoms with Crippen LogP contribution in [0.1, 0.15) is 66.3 Å². The molecule has 5 heteroatoms. The molecule has 2 aromatic rings. The molecule has 1 amide bonds. The zero-order valence-electron chi connectivity index (χ0n) is 17.5. The Morgan fingerprint density at radius 2 is 1.93 bits per heavy atom. The number of amides is 1. The summed E-state index contributed by atoms with van der Waals surface area (Å²) in [5.74, 6) is 0.729. The van der Waals surface area contributed by atoms with Gasteiger partial charge in [0.05, 0.1) is 5.56 Å². The summed E-state index contributed by atoms with van der Waals surface area (Å²) in [7, 11) is 0. The SMILES string of the molecule is CC(C)[C@@H]1CC[C@@H](C)C[C@@H]1OC(=O)c1ccccc1C[n+]1cccc(C(N)=O)c1. The Bertz CT molecular complexity index is 878. The summed E-state index contributed by atoms with van der Waals surface area (Å²) in [6.45, 7) is 7.10. The first-order chi connectivity index (χ1) is 13.8. The van der Waals surface area contributed by atoms with E-state index in [1.165, 1.54) is 6.42 Å². The number of rotatable bonds is 6. The monoisotopic (exact) mass is 395 g/mol. The van der Waals surface area contributed by atoms with E-state index in [1.54, 1.807) is 18.3 Å². The number of carbonyl (C=O) groups excluding carboxylic acids is 2. The largest absolute Gasteiger partial charge is 0.458 e. The highest BCUT2D eigenvalue weighted by atomic mass is 16.5. The molecule has 3 atom stereocenters. The molecule has 1 heterocycles. The first kappa shape index (κ1) is 21.0. The van der Waals surface area contributed by atoms with Gasteiger partial charge in [0, 0.05) is 11.6 Å². The van der Waals surface area contributed by atoms with Crippen LogP contribution in [0.3, 0.4) is 0 Å². The van der Waals surface area contributed by atoms with E-state index in [-0.39, 0.29) is 12.1 Å². The van der Waals surface area contributed by atoms with Crippen molar-refractivity contribution in [3.63, 3.8) is 0 Å². The molecule has 0 saturated heterocycles. The van der Waals surface area contributed by atoms with Gasteiger partial charge in [-0.3, -0.25) is 4.79 Å². The van der Waals surface area contributed by atoms with Gasteiger partial charge in [0.2, 0.25) is 0 Å². The second-order valence-electron chi connectivity index (χ2n) is 8.56. The van der Waals surface area contributed by atoms with Gasteiger partial charge in [-0.15, -0.1) is 0 Å². The van der Waals surface area contributed by atoms with Gasteiger partial charge in [-0.1, -0.05) is 45.4 Å². The molecule has 1 aromatic heterocycles. The number of nitrogens with two attached hydrogens (primary N) is 1. The number of nitrogens with zero attached hydrogens (tertiary/aromatic N) is 1. The van der Waals surface area contributed by atoms with Crippen molar-refractivity contribution in [2.24, 2.45) is 23.5 Å².